The van der Waals surface area contributed by atoms with Crippen LogP contribution in [0.15, 0.2) is 36.4 Å². The van der Waals surface area contributed by atoms with Gasteiger partial charge in [0.2, 0.25) is 5.54 Å². The topological polar surface area (TPSA) is 67.4 Å². The van der Waals surface area contributed by atoms with Crippen LogP contribution in [0.2, 0.25) is 5.02 Å². The van der Waals surface area contributed by atoms with Gasteiger partial charge in [-0.3, -0.25) is 14.1 Å². The number of alkyl halides is 1. The first-order valence-corrected chi connectivity index (χ1v) is 10.8. The number of fused-ring (bicyclic) bond motifs is 2. The van der Waals surface area contributed by atoms with E-state index in [-0.39, 0.29) is 29.3 Å². The lowest BCUT2D eigenvalue weighted by molar-refractivity contribution is -0.953. The molecular weight excluding hydrogens is 421 g/mol. The summed E-state index contributed by atoms with van der Waals surface area (Å²) in [6.07, 6.45) is -0.452. The number of halogens is 2. The Hall–Kier alpha value is -2.64. The second-order valence-corrected chi connectivity index (χ2v) is 9.10. The molecule has 6 nitrogen and oxygen atoms in total. The molecule has 1 saturated heterocycles. The van der Waals surface area contributed by atoms with Crippen molar-refractivity contribution in [2.45, 2.75) is 30.6 Å². The molecular formula is C23H24ClFN3O3+. The molecule has 0 radical (unpaired) electrons. The summed E-state index contributed by atoms with van der Waals surface area (Å²) in [7, 11) is 3.33. The highest BCUT2D eigenvalue weighted by atomic mass is 35.5. The lowest BCUT2D eigenvalue weighted by atomic mass is 9.78. The first-order chi connectivity index (χ1) is 14.8. The number of carbonyl (C=O) groups excluding carboxylic acids is 2. The molecule has 3 aliphatic rings. The van der Waals surface area contributed by atoms with Crippen LogP contribution in [0.4, 0.5) is 10.1 Å². The van der Waals surface area contributed by atoms with Crippen molar-refractivity contribution in [2.75, 3.05) is 32.6 Å². The maximum absolute atomic E-state index is 15.0. The Bertz CT molecular complexity index is 1110. The Morgan fingerprint density at radius 2 is 2.13 bits per heavy atom. The first kappa shape index (κ1) is 20.3. The third-order valence-electron chi connectivity index (χ3n) is 7.11. The van der Waals surface area contributed by atoms with Gasteiger partial charge in [0, 0.05) is 24.9 Å². The van der Waals surface area contributed by atoms with Crippen molar-refractivity contribution in [1.82, 2.24) is 5.32 Å². The number of rotatable bonds is 3. The minimum Gasteiger partial charge on any atom is -0.492 e. The molecule has 2 unspecified atom stereocenters. The lowest BCUT2D eigenvalue weighted by Crippen LogP contribution is -2.68. The molecule has 162 valence electrons. The van der Waals surface area contributed by atoms with E-state index in [0.717, 1.165) is 12.0 Å². The van der Waals surface area contributed by atoms with Crippen molar-refractivity contribution in [1.29, 1.82) is 0 Å². The molecule has 3 heterocycles. The average Bonchev–Trinajstić information content (AvgIpc) is 3.41. The van der Waals surface area contributed by atoms with Gasteiger partial charge in [-0.15, -0.1) is 0 Å². The number of amides is 2. The molecule has 2 aromatic carbocycles. The molecule has 0 aromatic heterocycles. The minimum absolute atomic E-state index is 0.0150. The smallest absolute Gasteiger partial charge is 0.295 e. The number of para-hydroxylation sites is 1. The highest BCUT2D eigenvalue weighted by molar-refractivity contribution is 6.31. The maximum atomic E-state index is 15.0. The Morgan fingerprint density at radius 1 is 1.32 bits per heavy atom. The van der Waals surface area contributed by atoms with Crippen LogP contribution < -0.4 is 15.4 Å². The number of carbonyl (C=O) groups is 2. The van der Waals surface area contributed by atoms with Gasteiger partial charge in [0.1, 0.15) is 12.3 Å². The average molecular weight is 445 g/mol. The van der Waals surface area contributed by atoms with E-state index in [4.69, 9.17) is 16.3 Å². The summed E-state index contributed by atoms with van der Waals surface area (Å²) < 4.78 is 20.8. The van der Waals surface area contributed by atoms with Gasteiger partial charge in [0.15, 0.2) is 12.2 Å². The molecule has 5 rings (SSSR count). The van der Waals surface area contributed by atoms with Gasteiger partial charge in [-0.05, 0) is 29.8 Å². The number of hydrogen-bond donors (Lipinski definition) is 2. The van der Waals surface area contributed by atoms with Crippen molar-refractivity contribution >= 4 is 29.1 Å². The number of likely N-dealkylation sites (tertiary alicyclic amines) is 1. The number of hydrogen-bond acceptors (Lipinski definition) is 3. The van der Waals surface area contributed by atoms with Gasteiger partial charge in [-0.25, -0.2) is 4.39 Å². The molecule has 2 amide bonds. The van der Waals surface area contributed by atoms with Gasteiger partial charge < -0.3 is 15.4 Å². The van der Waals surface area contributed by atoms with E-state index in [1.54, 1.807) is 25.2 Å². The van der Waals surface area contributed by atoms with Crippen LogP contribution in [0.5, 0.6) is 5.75 Å². The van der Waals surface area contributed by atoms with E-state index in [0.29, 0.717) is 34.2 Å². The van der Waals surface area contributed by atoms with Crippen molar-refractivity contribution < 1.29 is 23.2 Å². The predicted octanol–water partition coefficient (Wildman–Crippen LogP) is 2.77. The largest absolute Gasteiger partial charge is 0.492 e. The number of anilines is 1. The molecule has 3 aliphatic heterocycles. The first-order valence-electron chi connectivity index (χ1n) is 10.4. The minimum atomic E-state index is -1.38. The standard InChI is InChI=1S/C23H23ClFN3O3/c1-26-21(29)19-11-15(25)12-28(19,2)23(16-5-3-4-13-8-9-31-20(13)16)17-10-14(24)6-7-18(17)27-22(23)30/h3-7,10,15,19H,8-9,11-12H2,1-2H3,(H-,26,27,29,30)/p+1/t15-,19+,23?,28?/m1/s1. The highest BCUT2D eigenvalue weighted by Gasteiger charge is 2.69. The summed E-state index contributed by atoms with van der Waals surface area (Å²) in [6, 6.07) is 10.2. The fourth-order valence-electron chi connectivity index (χ4n) is 5.80. The van der Waals surface area contributed by atoms with Crippen LogP contribution in [0.1, 0.15) is 23.1 Å². The van der Waals surface area contributed by atoms with Gasteiger partial charge in [0.25, 0.3) is 11.8 Å². The quantitative estimate of drug-likeness (QED) is 0.715. The molecule has 0 bridgehead atoms. The van der Waals surface area contributed by atoms with Crippen LogP contribution in [-0.2, 0) is 21.5 Å². The van der Waals surface area contributed by atoms with Crippen LogP contribution in [0.3, 0.4) is 0 Å². The third kappa shape index (κ3) is 2.59. The second-order valence-electron chi connectivity index (χ2n) is 8.66. The second kappa shape index (κ2) is 6.93. The monoisotopic (exact) mass is 444 g/mol. The highest BCUT2D eigenvalue weighted by Crippen LogP contribution is 2.56. The van der Waals surface area contributed by atoms with E-state index >= 15 is 0 Å². The van der Waals surface area contributed by atoms with Crippen LogP contribution in [-0.4, -0.2) is 55.8 Å². The Labute approximate surface area is 184 Å². The molecule has 1 fully saturated rings. The van der Waals surface area contributed by atoms with Gasteiger partial charge in [0.05, 0.1) is 30.5 Å². The SMILES string of the molecule is CNC(=O)[C@@H]1C[C@@H](F)C[N+]1(C)C1(c2cccc3c2OCC3)C(=O)Nc2ccc(Cl)cc21. The molecule has 8 heteroatoms. The van der Waals surface area contributed by atoms with E-state index in [2.05, 4.69) is 10.6 Å². The van der Waals surface area contributed by atoms with Crippen molar-refractivity contribution in [2.24, 2.45) is 0 Å². The molecule has 2 N–H and O–H groups in total. The van der Waals surface area contributed by atoms with Crippen LogP contribution >= 0.6 is 11.6 Å². The predicted molar refractivity (Wildman–Crippen MR) is 115 cm³/mol. The summed E-state index contributed by atoms with van der Waals surface area (Å²) in [4.78, 5) is 26.9. The number of ether oxygens (including phenoxy) is 1. The molecule has 2 aromatic rings. The lowest BCUT2D eigenvalue weighted by Gasteiger charge is -2.48. The third-order valence-corrected chi connectivity index (χ3v) is 7.35. The zero-order valence-corrected chi connectivity index (χ0v) is 18.1. The number of quaternary nitrogens is 1. The number of benzene rings is 2. The summed E-state index contributed by atoms with van der Waals surface area (Å²) in [6.45, 7) is 0.530. The van der Waals surface area contributed by atoms with Crippen molar-refractivity contribution in [3.05, 3.63) is 58.1 Å². The van der Waals surface area contributed by atoms with Crippen LogP contribution in [0, 0.1) is 0 Å². The Balaban J connectivity index is 1.87. The summed E-state index contributed by atoms with van der Waals surface area (Å²) in [5.41, 5.74) is 1.51. The Morgan fingerprint density at radius 3 is 2.90 bits per heavy atom. The zero-order chi connectivity index (χ0) is 22.0. The van der Waals surface area contributed by atoms with Crippen molar-refractivity contribution in [3.63, 3.8) is 0 Å². The van der Waals surface area contributed by atoms with E-state index in [1.165, 1.54) is 7.05 Å². The molecule has 0 aliphatic carbocycles. The number of nitrogens with one attached hydrogen (secondary N) is 2. The summed E-state index contributed by atoms with van der Waals surface area (Å²) >= 11 is 6.38. The zero-order valence-electron chi connectivity index (χ0n) is 17.4. The molecule has 0 spiro atoms. The fraction of sp³-hybridized carbons (Fsp3) is 0.391. The van der Waals surface area contributed by atoms with E-state index < -0.39 is 17.8 Å². The van der Waals surface area contributed by atoms with E-state index in [1.807, 2.05) is 18.2 Å². The molecule has 31 heavy (non-hydrogen) atoms. The fourth-order valence-corrected chi connectivity index (χ4v) is 5.97. The number of likely N-dealkylation sites (N-methyl/N-ethyl adjacent to an activating group) is 2. The van der Waals surface area contributed by atoms with Gasteiger partial charge in [-0.2, -0.15) is 0 Å². The summed E-state index contributed by atoms with van der Waals surface area (Å²) in [5.74, 6) is 0.0424. The normalized spacial score (nSPS) is 31.0. The summed E-state index contributed by atoms with van der Waals surface area (Å²) in [5, 5.41) is 6.11. The number of nitrogens with zero attached hydrogens (tertiary/aromatic N) is 1. The maximum Gasteiger partial charge on any atom is 0.295 e. The van der Waals surface area contributed by atoms with E-state index in [9.17, 15) is 14.0 Å². The van der Waals surface area contributed by atoms with Crippen LogP contribution in [0.25, 0.3) is 0 Å². The molecule has 0 saturated carbocycles. The van der Waals surface area contributed by atoms with Gasteiger partial charge in [-0.1, -0.05) is 23.7 Å². The van der Waals surface area contributed by atoms with Crippen molar-refractivity contribution in [3.8, 4) is 5.75 Å². The Kier molecular flexibility index (Phi) is 4.53. The van der Waals surface area contributed by atoms with Gasteiger partial charge >= 0.3 is 0 Å². The molecule has 4 atom stereocenters.